The lowest BCUT2D eigenvalue weighted by atomic mass is 9.95. The number of hydrogen-bond acceptors (Lipinski definition) is 8. The Morgan fingerprint density at radius 1 is 1.09 bits per heavy atom. The number of nitrogens with zero attached hydrogens (tertiary/aromatic N) is 2. The standard InChI is InChI=1S/C24H30ClN3O5/c1-14-15(3-4-16-18(14)13-33-24(16)31)21(29)11-27-5-7-28(8-6-27)12-22(30)17-9-23(32-2)20(26)10-19(17)25/h3-4,9-10,21-22,29-30H,5-8,11-13,26H2,1-2H3. The molecule has 4 rings (SSSR count). The Balaban J connectivity index is 1.32. The van der Waals surface area contributed by atoms with Crippen molar-refractivity contribution >= 4 is 23.3 Å². The van der Waals surface area contributed by atoms with E-state index in [9.17, 15) is 15.0 Å². The number of hydrogen-bond donors (Lipinski definition) is 3. The predicted molar refractivity (Wildman–Crippen MR) is 126 cm³/mol. The molecule has 1 fully saturated rings. The molecule has 2 aliphatic rings. The fourth-order valence-corrected chi connectivity index (χ4v) is 4.88. The molecule has 178 valence electrons. The van der Waals surface area contributed by atoms with Gasteiger partial charge in [0, 0.05) is 55.4 Å². The van der Waals surface area contributed by atoms with Gasteiger partial charge in [0.1, 0.15) is 12.4 Å². The second kappa shape index (κ2) is 9.87. The number of esters is 1. The highest BCUT2D eigenvalue weighted by molar-refractivity contribution is 6.31. The number of halogens is 1. The maximum Gasteiger partial charge on any atom is 0.338 e. The van der Waals surface area contributed by atoms with Crippen LogP contribution >= 0.6 is 11.6 Å². The number of carbonyl (C=O) groups excluding carboxylic acids is 1. The summed E-state index contributed by atoms with van der Waals surface area (Å²) in [7, 11) is 1.53. The Kier molecular flexibility index (Phi) is 7.11. The van der Waals surface area contributed by atoms with E-state index in [0.29, 0.717) is 40.7 Å². The van der Waals surface area contributed by atoms with Crippen LogP contribution in [0.1, 0.15) is 44.8 Å². The second-order valence-electron chi connectivity index (χ2n) is 8.63. The SMILES string of the molecule is COc1cc(C(O)CN2CCN(CC(O)c3ccc4c(c3C)COC4=O)CC2)c(Cl)cc1N. The monoisotopic (exact) mass is 475 g/mol. The smallest absolute Gasteiger partial charge is 0.338 e. The summed E-state index contributed by atoms with van der Waals surface area (Å²) in [5.41, 5.74) is 10.1. The summed E-state index contributed by atoms with van der Waals surface area (Å²) in [6.45, 7) is 6.22. The summed E-state index contributed by atoms with van der Waals surface area (Å²) in [5.74, 6) is 0.191. The van der Waals surface area contributed by atoms with Crippen molar-refractivity contribution in [3.63, 3.8) is 0 Å². The molecule has 0 spiro atoms. The van der Waals surface area contributed by atoms with Crippen LogP contribution in [-0.2, 0) is 11.3 Å². The van der Waals surface area contributed by atoms with Crippen LogP contribution in [0, 0.1) is 6.92 Å². The van der Waals surface area contributed by atoms with E-state index in [0.717, 1.165) is 42.9 Å². The lowest BCUT2D eigenvalue weighted by Crippen LogP contribution is -2.48. The summed E-state index contributed by atoms with van der Waals surface area (Å²) in [5, 5.41) is 22.0. The molecule has 2 aromatic carbocycles. The van der Waals surface area contributed by atoms with E-state index in [1.165, 1.54) is 7.11 Å². The number of rotatable bonds is 7. The Labute approximate surface area is 198 Å². The van der Waals surface area contributed by atoms with E-state index in [-0.39, 0.29) is 12.6 Å². The van der Waals surface area contributed by atoms with E-state index in [2.05, 4.69) is 9.80 Å². The number of aliphatic hydroxyl groups excluding tert-OH is 2. The maximum atomic E-state index is 11.7. The van der Waals surface area contributed by atoms with Gasteiger partial charge in [0.2, 0.25) is 0 Å². The molecule has 0 aliphatic carbocycles. The van der Waals surface area contributed by atoms with E-state index in [1.54, 1.807) is 18.2 Å². The van der Waals surface area contributed by atoms with Crippen LogP contribution in [0.25, 0.3) is 0 Å². The van der Waals surface area contributed by atoms with Gasteiger partial charge in [0.25, 0.3) is 0 Å². The third-order valence-electron chi connectivity index (χ3n) is 6.60. The Bertz CT molecular complexity index is 1040. The lowest BCUT2D eigenvalue weighted by molar-refractivity contribution is 0.0480. The second-order valence-corrected chi connectivity index (χ2v) is 9.04. The molecule has 2 aromatic rings. The number of nitrogen functional groups attached to an aromatic ring is 1. The van der Waals surface area contributed by atoms with Crippen LogP contribution in [0.3, 0.4) is 0 Å². The van der Waals surface area contributed by atoms with Crippen LogP contribution in [0.2, 0.25) is 5.02 Å². The molecule has 33 heavy (non-hydrogen) atoms. The van der Waals surface area contributed by atoms with Crippen molar-refractivity contribution in [3.05, 3.63) is 57.1 Å². The predicted octanol–water partition coefficient (Wildman–Crippen LogP) is 2.29. The Morgan fingerprint density at radius 2 is 1.70 bits per heavy atom. The molecule has 2 heterocycles. The average Bonchev–Trinajstić information content (AvgIpc) is 3.17. The number of cyclic esters (lactones) is 1. The van der Waals surface area contributed by atoms with Crippen molar-refractivity contribution in [2.45, 2.75) is 25.7 Å². The van der Waals surface area contributed by atoms with Crippen molar-refractivity contribution in [2.75, 3.05) is 52.1 Å². The zero-order valence-electron chi connectivity index (χ0n) is 18.9. The molecular formula is C24H30ClN3O5. The number of β-amino-alcohol motifs (C(OH)–C–C–N with tert-alkyl or cyclic N) is 2. The van der Waals surface area contributed by atoms with Crippen molar-refractivity contribution in [1.29, 1.82) is 0 Å². The van der Waals surface area contributed by atoms with Gasteiger partial charge >= 0.3 is 5.97 Å². The van der Waals surface area contributed by atoms with Crippen molar-refractivity contribution < 1.29 is 24.5 Å². The van der Waals surface area contributed by atoms with Crippen LogP contribution in [-0.4, -0.2) is 72.4 Å². The van der Waals surface area contributed by atoms with Crippen molar-refractivity contribution in [1.82, 2.24) is 9.80 Å². The van der Waals surface area contributed by atoms with Crippen molar-refractivity contribution in [3.8, 4) is 5.75 Å². The molecule has 1 saturated heterocycles. The quantitative estimate of drug-likeness (QED) is 0.413. The number of fused-ring (bicyclic) bond motifs is 1. The number of nitrogens with two attached hydrogens (primary N) is 1. The van der Waals surface area contributed by atoms with E-state index in [1.807, 2.05) is 13.0 Å². The topological polar surface area (TPSA) is 108 Å². The maximum absolute atomic E-state index is 11.7. The fraction of sp³-hybridized carbons (Fsp3) is 0.458. The summed E-state index contributed by atoms with van der Waals surface area (Å²) < 4.78 is 10.4. The summed E-state index contributed by atoms with van der Waals surface area (Å²) in [6, 6.07) is 6.85. The van der Waals surface area contributed by atoms with Crippen LogP contribution in [0.4, 0.5) is 5.69 Å². The number of anilines is 1. The molecular weight excluding hydrogens is 446 g/mol. The van der Waals surface area contributed by atoms with E-state index >= 15 is 0 Å². The van der Waals surface area contributed by atoms with Crippen LogP contribution in [0.5, 0.6) is 5.75 Å². The van der Waals surface area contributed by atoms with Gasteiger partial charge in [-0.25, -0.2) is 4.79 Å². The average molecular weight is 476 g/mol. The van der Waals surface area contributed by atoms with Gasteiger partial charge in [0.15, 0.2) is 0 Å². The third kappa shape index (κ3) is 4.95. The normalized spacial score (nSPS) is 18.6. The molecule has 2 aliphatic heterocycles. The minimum Gasteiger partial charge on any atom is -0.495 e. The summed E-state index contributed by atoms with van der Waals surface area (Å²) >= 11 is 6.29. The molecule has 0 amide bonds. The van der Waals surface area contributed by atoms with Gasteiger partial charge in [-0.15, -0.1) is 0 Å². The zero-order chi connectivity index (χ0) is 23.7. The first-order valence-corrected chi connectivity index (χ1v) is 11.4. The highest BCUT2D eigenvalue weighted by Crippen LogP contribution is 2.33. The van der Waals surface area contributed by atoms with Gasteiger partial charge in [-0.3, -0.25) is 9.80 Å². The lowest BCUT2D eigenvalue weighted by Gasteiger charge is -2.36. The van der Waals surface area contributed by atoms with Gasteiger partial charge < -0.3 is 25.4 Å². The highest BCUT2D eigenvalue weighted by Gasteiger charge is 2.27. The number of carbonyl (C=O) groups is 1. The molecule has 0 radical (unpaired) electrons. The number of benzene rings is 2. The minimum absolute atomic E-state index is 0.269. The molecule has 2 atom stereocenters. The largest absolute Gasteiger partial charge is 0.495 e. The first-order valence-electron chi connectivity index (χ1n) is 11.0. The molecule has 0 aromatic heterocycles. The highest BCUT2D eigenvalue weighted by atomic mass is 35.5. The van der Waals surface area contributed by atoms with Crippen LogP contribution < -0.4 is 10.5 Å². The number of ether oxygens (including phenoxy) is 2. The molecule has 8 nitrogen and oxygen atoms in total. The molecule has 4 N–H and O–H groups in total. The van der Waals surface area contributed by atoms with Gasteiger partial charge in [-0.05, 0) is 36.2 Å². The summed E-state index contributed by atoms with van der Waals surface area (Å²) in [6.07, 6.45) is -1.41. The van der Waals surface area contributed by atoms with Gasteiger partial charge in [-0.1, -0.05) is 17.7 Å². The summed E-state index contributed by atoms with van der Waals surface area (Å²) in [4.78, 5) is 16.1. The first kappa shape index (κ1) is 23.8. The first-order chi connectivity index (χ1) is 15.8. The van der Waals surface area contributed by atoms with E-state index < -0.39 is 12.2 Å². The molecule has 0 saturated carbocycles. The van der Waals surface area contributed by atoms with Crippen LogP contribution in [0.15, 0.2) is 24.3 Å². The number of methoxy groups -OCH3 is 1. The minimum atomic E-state index is -0.761. The number of piperazine rings is 1. The fourth-order valence-electron chi connectivity index (χ4n) is 4.59. The zero-order valence-corrected chi connectivity index (χ0v) is 19.6. The Hall–Kier alpha value is -2.36. The van der Waals surface area contributed by atoms with Gasteiger partial charge in [0.05, 0.1) is 30.6 Å². The molecule has 2 unspecified atom stereocenters. The Morgan fingerprint density at radius 3 is 2.30 bits per heavy atom. The van der Waals surface area contributed by atoms with E-state index in [4.69, 9.17) is 26.8 Å². The molecule has 9 heteroatoms. The number of aliphatic hydroxyl groups is 2. The van der Waals surface area contributed by atoms with Crippen molar-refractivity contribution in [2.24, 2.45) is 0 Å². The van der Waals surface area contributed by atoms with Gasteiger partial charge in [-0.2, -0.15) is 0 Å². The third-order valence-corrected chi connectivity index (χ3v) is 6.93. The molecule has 0 bridgehead atoms.